The highest BCUT2D eigenvalue weighted by Crippen LogP contribution is 2.32. The van der Waals surface area contributed by atoms with Crippen molar-refractivity contribution in [1.82, 2.24) is 0 Å². The average molecular weight is 279 g/mol. The van der Waals surface area contributed by atoms with Gasteiger partial charge < -0.3 is 5.73 Å². The third-order valence-corrected chi connectivity index (χ3v) is 2.96. The maximum atomic E-state index is 12.5. The molecule has 20 heavy (non-hydrogen) atoms. The minimum absolute atomic E-state index is 0.296. The fourth-order valence-electron chi connectivity index (χ4n) is 1.95. The quantitative estimate of drug-likeness (QED) is 0.893. The van der Waals surface area contributed by atoms with Crippen LogP contribution >= 0.6 is 0 Å². The molecule has 1 amide bonds. The molecule has 0 spiro atoms. The van der Waals surface area contributed by atoms with Crippen LogP contribution in [0.5, 0.6) is 0 Å². The monoisotopic (exact) mass is 279 g/mol. The molecule has 2 N–H and O–H groups in total. The van der Waals surface area contributed by atoms with Crippen LogP contribution in [0, 0.1) is 6.92 Å². The third kappa shape index (κ3) is 2.82. The van der Waals surface area contributed by atoms with Gasteiger partial charge in [0, 0.05) is 5.56 Å². The van der Waals surface area contributed by atoms with Crippen LogP contribution in [0.4, 0.5) is 13.2 Å². The Kier molecular flexibility index (Phi) is 3.53. The molecule has 0 unspecified atom stereocenters. The van der Waals surface area contributed by atoms with Crippen molar-refractivity contribution in [3.05, 3.63) is 59.2 Å². The van der Waals surface area contributed by atoms with E-state index < -0.39 is 17.6 Å². The lowest BCUT2D eigenvalue weighted by atomic mass is 9.96. The van der Waals surface area contributed by atoms with Crippen molar-refractivity contribution in [2.24, 2.45) is 5.73 Å². The van der Waals surface area contributed by atoms with E-state index in [4.69, 9.17) is 5.73 Å². The third-order valence-electron chi connectivity index (χ3n) is 2.96. The van der Waals surface area contributed by atoms with Gasteiger partial charge in [-0.15, -0.1) is 0 Å². The Morgan fingerprint density at radius 3 is 2.15 bits per heavy atom. The summed E-state index contributed by atoms with van der Waals surface area (Å²) in [7, 11) is 0. The molecule has 0 saturated carbocycles. The van der Waals surface area contributed by atoms with Crippen LogP contribution in [0.2, 0.25) is 0 Å². The molecule has 2 aromatic rings. The predicted molar refractivity (Wildman–Crippen MR) is 70.1 cm³/mol. The van der Waals surface area contributed by atoms with Crippen LogP contribution < -0.4 is 5.73 Å². The topological polar surface area (TPSA) is 43.1 Å². The number of hydrogen-bond donors (Lipinski definition) is 1. The van der Waals surface area contributed by atoms with Gasteiger partial charge in [0.2, 0.25) is 5.91 Å². The molecule has 0 radical (unpaired) electrons. The van der Waals surface area contributed by atoms with Gasteiger partial charge in [-0.25, -0.2) is 0 Å². The first-order valence-electron chi connectivity index (χ1n) is 5.87. The number of carbonyl (C=O) groups excluding carboxylic acids is 1. The lowest BCUT2D eigenvalue weighted by molar-refractivity contribution is -0.137. The van der Waals surface area contributed by atoms with Crippen LogP contribution in [0.15, 0.2) is 42.5 Å². The second kappa shape index (κ2) is 5.00. The number of benzene rings is 2. The minimum atomic E-state index is -4.38. The molecule has 5 heteroatoms. The smallest absolute Gasteiger partial charge is 0.366 e. The zero-order valence-electron chi connectivity index (χ0n) is 10.7. The number of amides is 1. The normalized spacial score (nSPS) is 11.4. The number of aryl methyl sites for hydroxylation is 1. The Hall–Kier alpha value is -2.30. The van der Waals surface area contributed by atoms with Gasteiger partial charge in [0.05, 0.1) is 5.56 Å². The Labute approximate surface area is 114 Å². The van der Waals surface area contributed by atoms with Crippen molar-refractivity contribution in [2.75, 3.05) is 0 Å². The number of hydrogen-bond acceptors (Lipinski definition) is 1. The second-order valence-electron chi connectivity index (χ2n) is 4.49. The summed E-state index contributed by atoms with van der Waals surface area (Å²) in [6.45, 7) is 1.81. The predicted octanol–water partition coefficient (Wildman–Crippen LogP) is 3.78. The van der Waals surface area contributed by atoms with E-state index in [9.17, 15) is 18.0 Å². The molecular formula is C15H12F3NO. The summed E-state index contributed by atoms with van der Waals surface area (Å²) in [5.74, 6) is -0.608. The number of halogens is 3. The highest BCUT2D eigenvalue weighted by molar-refractivity contribution is 6.00. The zero-order chi connectivity index (χ0) is 14.9. The van der Waals surface area contributed by atoms with E-state index in [0.29, 0.717) is 16.7 Å². The molecule has 0 saturated heterocycles. The van der Waals surface area contributed by atoms with E-state index in [1.165, 1.54) is 12.1 Å². The zero-order valence-corrected chi connectivity index (χ0v) is 10.7. The first-order chi connectivity index (χ1) is 9.29. The summed E-state index contributed by atoms with van der Waals surface area (Å²) < 4.78 is 37.5. The summed E-state index contributed by atoms with van der Waals surface area (Å²) in [5.41, 5.74) is 6.77. The number of primary amides is 1. The van der Waals surface area contributed by atoms with Gasteiger partial charge in [0.15, 0.2) is 0 Å². The van der Waals surface area contributed by atoms with Gasteiger partial charge in [0.1, 0.15) is 0 Å². The lowest BCUT2D eigenvalue weighted by Crippen LogP contribution is -2.12. The van der Waals surface area contributed by atoms with Crippen molar-refractivity contribution < 1.29 is 18.0 Å². The van der Waals surface area contributed by atoms with Gasteiger partial charge in [-0.3, -0.25) is 4.79 Å². The van der Waals surface area contributed by atoms with Crippen LogP contribution in [-0.4, -0.2) is 5.91 Å². The molecule has 0 fully saturated rings. The van der Waals surface area contributed by atoms with Gasteiger partial charge >= 0.3 is 6.18 Å². The SMILES string of the molecule is Cc1ccc(-c2ccc(C(F)(F)F)cc2)c(C(N)=O)c1. The van der Waals surface area contributed by atoms with E-state index >= 15 is 0 Å². The summed E-state index contributed by atoms with van der Waals surface area (Å²) in [4.78, 5) is 11.4. The second-order valence-corrected chi connectivity index (χ2v) is 4.49. The number of nitrogens with two attached hydrogens (primary N) is 1. The lowest BCUT2D eigenvalue weighted by Gasteiger charge is -2.10. The molecule has 0 aliphatic heterocycles. The highest BCUT2D eigenvalue weighted by atomic mass is 19.4. The Morgan fingerprint density at radius 1 is 1.05 bits per heavy atom. The highest BCUT2D eigenvalue weighted by Gasteiger charge is 2.30. The molecule has 0 aliphatic rings. The summed E-state index contributed by atoms with van der Waals surface area (Å²) in [6.07, 6.45) is -4.38. The van der Waals surface area contributed by atoms with Gasteiger partial charge in [-0.2, -0.15) is 13.2 Å². The average Bonchev–Trinajstić information content (AvgIpc) is 2.37. The largest absolute Gasteiger partial charge is 0.416 e. The Bertz CT molecular complexity index is 645. The molecule has 0 heterocycles. The maximum absolute atomic E-state index is 12.5. The first kappa shape index (κ1) is 14.1. The molecule has 0 bridgehead atoms. The van der Waals surface area contributed by atoms with Crippen LogP contribution in [0.1, 0.15) is 21.5 Å². The first-order valence-corrected chi connectivity index (χ1v) is 5.87. The van der Waals surface area contributed by atoms with E-state index in [1.54, 1.807) is 18.2 Å². The summed E-state index contributed by atoms with van der Waals surface area (Å²) in [5, 5.41) is 0. The van der Waals surface area contributed by atoms with Crippen LogP contribution in [-0.2, 0) is 6.18 Å². The molecule has 104 valence electrons. The molecule has 2 aromatic carbocycles. The van der Waals surface area contributed by atoms with Crippen LogP contribution in [0.25, 0.3) is 11.1 Å². The standard InChI is InChI=1S/C15H12F3NO/c1-9-2-7-12(13(8-9)14(19)20)10-3-5-11(6-4-10)15(16,17)18/h2-8H,1H3,(H2,19,20). The van der Waals surface area contributed by atoms with Crippen LogP contribution in [0.3, 0.4) is 0 Å². The minimum Gasteiger partial charge on any atom is -0.366 e. The Morgan fingerprint density at radius 2 is 1.65 bits per heavy atom. The Balaban J connectivity index is 2.50. The van der Waals surface area contributed by atoms with Crippen molar-refractivity contribution in [1.29, 1.82) is 0 Å². The van der Waals surface area contributed by atoms with E-state index in [-0.39, 0.29) is 0 Å². The molecule has 2 nitrogen and oxygen atoms in total. The fraction of sp³-hybridized carbons (Fsp3) is 0.133. The fourth-order valence-corrected chi connectivity index (χ4v) is 1.95. The van der Waals surface area contributed by atoms with Crippen molar-refractivity contribution in [3.63, 3.8) is 0 Å². The van der Waals surface area contributed by atoms with E-state index in [1.807, 2.05) is 6.92 Å². The molecule has 0 atom stereocenters. The van der Waals surface area contributed by atoms with Crippen molar-refractivity contribution >= 4 is 5.91 Å². The number of rotatable bonds is 2. The molecule has 2 rings (SSSR count). The summed E-state index contributed by atoms with van der Waals surface area (Å²) >= 11 is 0. The van der Waals surface area contributed by atoms with Gasteiger partial charge in [-0.1, -0.05) is 29.8 Å². The maximum Gasteiger partial charge on any atom is 0.416 e. The van der Waals surface area contributed by atoms with Gasteiger partial charge in [-0.05, 0) is 36.2 Å². The number of carbonyl (C=O) groups is 1. The molecular weight excluding hydrogens is 267 g/mol. The van der Waals surface area contributed by atoms with E-state index in [2.05, 4.69) is 0 Å². The van der Waals surface area contributed by atoms with Gasteiger partial charge in [0.25, 0.3) is 0 Å². The number of alkyl halides is 3. The molecule has 0 aromatic heterocycles. The van der Waals surface area contributed by atoms with Crippen molar-refractivity contribution in [3.8, 4) is 11.1 Å². The van der Waals surface area contributed by atoms with Crippen molar-refractivity contribution in [2.45, 2.75) is 13.1 Å². The molecule has 0 aliphatic carbocycles. The van der Waals surface area contributed by atoms with E-state index in [0.717, 1.165) is 17.7 Å². The summed E-state index contributed by atoms with van der Waals surface area (Å²) in [6, 6.07) is 9.71.